The van der Waals surface area contributed by atoms with Crippen molar-refractivity contribution in [3.63, 3.8) is 0 Å². The lowest BCUT2D eigenvalue weighted by Gasteiger charge is -2.13. The van der Waals surface area contributed by atoms with Crippen LogP contribution in [0.5, 0.6) is 5.75 Å². The van der Waals surface area contributed by atoms with E-state index in [0.717, 1.165) is 11.1 Å². The third-order valence-electron chi connectivity index (χ3n) is 4.41. The second-order valence-electron chi connectivity index (χ2n) is 6.95. The Morgan fingerprint density at radius 2 is 2.03 bits per heavy atom. The third-order valence-corrected chi connectivity index (χ3v) is 5.08. The molecule has 176 valence electrons. The molecule has 10 heteroatoms. The molecule has 0 fully saturated rings. The van der Waals surface area contributed by atoms with Crippen molar-refractivity contribution < 1.29 is 23.9 Å². The topological polar surface area (TPSA) is 119 Å². The molecule has 3 rings (SSSR count). The molecular formula is C24H24N4O5S. The van der Waals surface area contributed by atoms with Gasteiger partial charge in [0.1, 0.15) is 23.1 Å². The number of methoxy groups -OCH3 is 1. The van der Waals surface area contributed by atoms with E-state index in [1.54, 1.807) is 44.6 Å². The van der Waals surface area contributed by atoms with Crippen molar-refractivity contribution in [2.75, 3.05) is 20.0 Å². The van der Waals surface area contributed by atoms with Crippen LogP contribution in [-0.4, -0.2) is 52.1 Å². The molecule has 1 N–H and O–H groups in total. The van der Waals surface area contributed by atoms with Gasteiger partial charge in [-0.25, -0.2) is 9.79 Å². The highest BCUT2D eigenvalue weighted by Crippen LogP contribution is 2.25. The number of aliphatic imine (C=N–C) groups is 2. The normalized spacial score (nSPS) is 12.0. The second-order valence-corrected chi connectivity index (χ2v) is 7.74. The number of aryl methyl sites for hydroxylation is 1. The van der Waals surface area contributed by atoms with Gasteiger partial charge in [-0.05, 0) is 54.3 Å². The van der Waals surface area contributed by atoms with Gasteiger partial charge in [0, 0.05) is 25.2 Å². The average molecular weight is 481 g/mol. The van der Waals surface area contributed by atoms with Crippen molar-refractivity contribution in [1.82, 2.24) is 10.1 Å². The van der Waals surface area contributed by atoms with Gasteiger partial charge < -0.3 is 19.1 Å². The lowest BCUT2D eigenvalue weighted by Crippen LogP contribution is -2.15. The maximum Gasteiger partial charge on any atom is 0.432 e. The Morgan fingerprint density at radius 3 is 2.62 bits per heavy atom. The van der Waals surface area contributed by atoms with Crippen LogP contribution in [0, 0.1) is 6.92 Å². The minimum Gasteiger partial charge on any atom is -0.490 e. The minimum atomic E-state index is -1.31. The van der Waals surface area contributed by atoms with Crippen molar-refractivity contribution in [2.45, 2.75) is 13.5 Å². The number of hydrogen-bond donors (Lipinski definition) is 1. The Hall–Kier alpha value is -3.76. The van der Waals surface area contributed by atoms with Crippen LogP contribution in [0.25, 0.3) is 11.4 Å². The van der Waals surface area contributed by atoms with E-state index in [9.17, 15) is 9.90 Å². The van der Waals surface area contributed by atoms with Gasteiger partial charge in [-0.15, -0.1) is 11.8 Å². The number of aromatic nitrogens is 2. The van der Waals surface area contributed by atoms with Gasteiger partial charge >= 0.3 is 6.09 Å². The molecule has 0 unspecified atom stereocenters. The Bertz CT molecular complexity index is 1220. The predicted molar refractivity (Wildman–Crippen MR) is 132 cm³/mol. The van der Waals surface area contributed by atoms with Crippen LogP contribution in [0.4, 0.5) is 10.5 Å². The molecule has 1 heterocycles. The summed E-state index contributed by atoms with van der Waals surface area (Å²) in [5.41, 5.74) is 3.23. The van der Waals surface area contributed by atoms with E-state index < -0.39 is 6.09 Å². The first-order valence-corrected chi connectivity index (χ1v) is 11.4. The molecule has 3 aromatic rings. The van der Waals surface area contributed by atoms with Gasteiger partial charge in [0.15, 0.2) is 0 Å². The molecule has 0 atom stereocenters. The SMILES string of the molecule is C=CCOc1cc(COC)cc(C(=Nc2ccc(-c3noc(C)n3)cc2)C(=NC(=O)O)SC)c1. The molecule has 2 aromatic carbocycles. The van der Waals surface area contributed by atoms with Gasteiger partial charge in [0.25, 0.3) is 0 Å². The van der Waals surface area contributed by atoms with Crippen LogP contribution >= 0.6 is 11.8 Å². The van der Waals surface area contributed by atoms with Crippen LogP contribution in [0.2, 0.25) is 0 Å². The molecular weight excluding hydrogens is 456 g/mol. The Kier molecular flexibility index (Phi) is 8.72. The summed E-state index contributed by atoms with van der Waals surface area (Å²) < 4.78 is 16.0. The molecule has 0 spiro atoms. The molecule has 0 aliphatic rings. The highest BCUT2D eigenvalue weighted by Gasteiger charge is 2.16. The maximum absolute atomic E-state index is 11.4. The number of carbonyl (C=O) groups is 1. The van der Waals surface area contributed by atoms with Gasteiger partial charge in [0.05, 0.1) is 12.3 Å². The molecule has 34 heavy (non-hydrogen) atoms. The van der Waals surface area contributed by atoms with Gasteiger partial charge in [-0.3, -0.25) is 0 Å². The lowest BCUT2D eigenvalue weighted by atomic mass is 10.1. The van der Waals surface area contributed by atoms with Crippen LogP contribution in [0.3, 0.4) is 0 Å². The summed E-state index contributed by atoms with van der Waals surface area (Å²) in [6, 6.07) is 12.7. The first-order valence-electron chi connectivity index (χ1n) is 10.2. The molecule has 1 aromatic heterocycles. The summed E-state index contributed by atoms with van der Waals surface area (Å²) in [5, 5.41) is 13.5. The van der Waals surface area contributed by atoms with E-state index in [4.69, 9.17) is 19.0 Å². The van der Waals surface area contributed by atoms with E-state index in [-0.39, 0.29) is 5.04 Å². The van der Waals surface area contributed by atoms with E-state index in [1.807, 2.05) is 24.3 Å². The van der Waals surface area contributed by atoms with Crippen LogP contribution in [0.1, 0.15) is 17.0 Å². The fraction of sp³-hybridized carbons (Fsp3) is 0.208. The summed E-state index contributed by atoms with van der Waals surface area (Å²) in [6.45, 7) is 6.06. The largest absolute Gasteiger partial charge is 0.490 e. The number of rotatable bonds is 9. The summed E-state index contributed by atoms with van der Waals surface area (Å²) in [4.78, 5) is 24.1. The Morgan fingerprint density at radius 1 is 1.26 bits per heavy atom. The Balaban J connectivity index is 2.10. The van der Waals surface area contributed by atoms with Crippen molar-refractivity contribution in [3.8, 4) is 17.1 Å². The molecule has 0 bridgehead atoms. The van der Waals surface area contributed by atoms with Crippen LogP contribution < -0.4 is 4.74 Å². The molecule has 0 saturated heterocycles. The first-order chi connectivity index (χ1) is 16.4. The second kappa shape index (κ2) is 11.9. The highest BCUT2D eigenvalue weighted by atomic mass is 32.2. The predicted octanol–water partition coefficient (Wildman–Crippen LogP) is 5.32. The molecule has 9 nitrogen and oxygen atoms in total. The van der Waals surface area contributed by atoms with Crippen molar-refractivity contribution in [2.24, 2.45) is 9.98 Å². The summed E-state index contributed by atoms with van der Waals surface area (Å²) in [6.07, 6.45) is 2.08. The molecule has 0 aliphatic heterocycles. The number of carboxylic acid groups (broad SMARTS) is 1. The van der Waals surface area contributed by atoms with E-state index in [0.29, 0.717) is 47.6 Å². The van der Waals surface area contributed by atoms with Crippen LogP contribution in [-0.2, 0) is 11.3 Å². The number of nitrogens with zero attached hydrogens (tertiary/aromatic N) is 4. The molecule has 0 aliphatic carbocycles. The van der Waals surface area contributed by atoms with Crippen molar-refractivity contribution in [3.05, 3.63) is 72.1 Å². The van der Waals surface area contributed by atoms with Gasteiger partial charge in [-0.2, -0.15) is 9.98 Å². The van der Waals surface area contributed by atoms with E-state index >= 15 is 0 Å². The monoisotopic (exact) mass is 480 g/mol. The number of thioether (sulfide) groups is 1. The Labute approximate surface area is 201 Å². The summed E-state index contributed by atoms with van der Waals surface area (Å²) >= 11 is 1.18. The zero-order valence-electron chi connectivity index (χ0n) is 19.0. The first kappa shape index (κ1) is 24.9. The van der Waals surface area contributed by atoms with Crippen molar-refractivity contribution in [1.29, 1.82) is 0 Å². The number of amides is 1. The maximum atomic E-state index is 11.4. The molecule has 1 amide bonds. The number of benzene rings is 2. The fourth-order valence-corrected chi connectivity index (χ4v) is 3.56. The zero-order valence-corrected chi connectivity index (χ0v) is 19.8. The average Bonchev–Trinajstić information content (AvgIpc) is 3.26. The quantitative estimate of drug-likeness (QED) is 0.248. The highest BCUT2D eigenvalue weighted by molar-refractivity contribution is 8.15. The third kappa shape index (κ3) is 6.63. The van der Waals surface area contributed by atoms with Crippen molar-refractivity contribution >= 4 is 34.3 Å². The fourth-order valence-electron chi connectivity index (χ4n) is 3.03. The zero-order chi connectivity index (χ0) is 24.5. The molecule has 0 saturated carbocycles. The standard InChI is InChI=1S/C24H24N4O5S/c1-5-10-32-20-12-16(14-31-3)11-18(13-20)21(23(34-4)27-24(29)30)26-19-8-6-17(7-9-19)22-25-15(2)33-28-22/h5-9,11-13H,1,10,14H2,2-4H3,(H,29,30). The summed E-state index contributed by atoms with van der Waals surface area (Å²) in [7, 11) is 1.60. The van der Waals surface area contributed by atoms with E-state index in [2.05, 4.69) is 21.7 Å². The lowest BCUT2D eigenvalue weighted by molar-refractivity contribution is 0.184. The number of ether oxygens (including phenoxy) is 2. The van der Waals surface area contributed by atoms with Crippen LogP contribution in [0.15, 0.2) is 69.6 Å². The van der Waals surface area contributed by atoms with Gasteiger partial charge in [-0.1, -0.05) is 17.8 Å². The van der Waals surface area contributed by atoms with E-state index in [1.165, 1.54) is 11.8 Å². The number of hydrogen-bond acceptors (Lipinski definition) is 8. The minimum absolute atomic E-state index is 0.245. The summed E-state index contributed by atoms with van der Waals surface area (Å²) in [5.74, 6) is 1.52. The van der Waals surface area contributed by atoms with Gasteiger partial charge in [0.2, 0.25) is 11.7 Å². The smallest absolute Gasteiger partial charge is 0.432 e. The molecule has 0 radical (unpaired) electrons.